The molecular formula is C9H12BrNO2S. The maximum Gasteiger partial charge on any atom is 0.246 e. The van der Waals surface area contributed by atoms with Crippen molar-refractivity contribution in [1.29, 1.82) is 0 Å². The van der Waals surface area contributed by atoms with Crippen LogP contribution in [0.4, 0.5) is 0 Å². The Balaban J connectivity index is 2.23. The van der Waals surface area contributed by atoms with Crippen molar-refractivity contribution in [1.82, 2.24) is 5.32 Å². The van der Waals surface area contributed by atoms with Crippen molar-refractivity contribution in [3.63, 3.8) is 0 Å². The molecule has 1 aromatic heterocycles. The first-order valence-electron chi connectivity index (χ1n) is 4.31. The van der Waals surface area contributed by atoms with Crippen LogP contribution < -0.4 is 5.32 Å². The predicted molar refractivity (Wildman–Crippen MR) is 60.4 cm³/mol. The standard InChI is InChI=1S/C9H12BrNO2S/c1-2-13-6-9(12)11-5-7-3-4-8(10)14-7/h3-4H,2,5-6H2,1H3,(H,11,12). The van der Waals surface area contributed by atoms with Gasteiger partial charge in [-0.05, 0) is 35.0 Å². The molecule has 0 aromatic carbocycles. The number of nitrogens with one attached hydrogen (secondary N) is 1. The van der Waals surface area contributed by atoms with Crippen LogP contribution in [0, 0.1) is 0 Å². The zero-order valence-electron chi connectivity index (χ0n) is 7.88. The molecule has 0 bridgehead atoms. The first-order valence-corrected chi connectivity index (χ1v) is 5.92. The second kappa shape index (κ2) is 6.16. The number of rotatable bonds is 5. The Bertz CT molecular complexity index is 301. The van der Waals surface area contributed by atoms with Gasteiger partial charge in [0.05, 0.1) is 10.3 Å². The minimum Gasteiger partial charge on any atom is -0.372 e. The number of ether oxygens (including phenoxy) is 1. The number of thiophene rings is 1. The molecule has 1 aromatic rings. The topological polar surface area (TPSA) is 38.3 Å². The molecular weight excluding hydrogens is 266 g/mol. The maximum atomic E-state index is 11.1. The second-order valence-corrected chi connectivity index (χ2v) is 5.17. The lowest BCUT2D eigenvalue weighted by atomic mass is 10.4. The summed E-state index contributed by atoms with van der Waals surface area (Å²) in [6.45, 7) is 3.15. The number of carbonyl (C=O) groups is 1. The summed E-state index contributed by atoms with van der Waals surface area (Å²) in [6, 6.07) is 3.95. The van der Waals surface area contributed by atoms with Crippen LogP contribution >= 0.6 is 27.3 Å². The van der Waals surface area contributed by atoms with E-state index in [4.69, 9.17) is 4.74 Å². The minimum absolute atomic E-state index is 0.0728. The molecule has 0 saturated carbocycles. The lowest BCUT2D eigenvalue weighted by Crippen LogP contribution is -2.26. The van der Waals surface area contributed by atoms with E-state index in [1.54, 1.807) is 11.3 Å². The van der Waals surface area contributed by atoms with Crippen LogP contribution in [0.5, 0.6) is 0 Å². The first-order chi connectivity index (χ1) is 6.72. The highest BCUT2D eigenvalue weighted by Crippen LogP contribution is 2.21. The molecule has 0 unspecified atom stereocenters. The summed E-state index contributed by atoms with van der Waals surface area (Å²) in [7, 11) is 0. The van der Waals surface area contributed by atoms with Crippen LogP contribution in [0.3, 0.4) is 0 Å². The normalized spacial score (nSPS) is 10.1. The molecule has 0 spiro atoms. The minimum atomic E-state index is -0.0728. The monoisotopic (exact) mass is 277 g/mol. The average Bonchev–Trinajstić information content (AvgIpc) is 2.58. The Morgan fingerprint density at radius 2 is 2.43 bits per heavy atom. The molecule has 0 saturated heterocycles. The summed E-state index contributed by atoms with van der Waals surface area (Å²) in [5.41, 5.74) is 0. The Hall–Kier alpha value is -0.390. The highest BCUT2D eigenvalue weighted by Gasteiger charge is 2.02. The van der Waals surface area contributed by atoms with E-state index in [-0.39, 0.29) is 12.5 Å². The second-order valence-electron chi connectivity index (χ2n) is 2.62. The van der Waals surface area contributed by atoms with Crippen LogP contribution in [-0.2, 0) is 16.1 Å². The van der Waals surface area contributed by atoms with Gasteiger partial charge in [0.25, 0.3) is 0 Å². The number of amides is 1. The lowest BCUT2D eigenvalue weighted by Gasteiger charge is -2.02. The van der Waals surface area contributed by atoms with Gasteiger partial charge in [-0.2, -0.15) is 0 Å². The van der Waals surface area contributed by atoms with Crippen LogP contribution in [0.15, 0.2) is 15.9 Å². The van der Waals surface area contributed by atoms with Crippen LogP contribution in [0.2, 0.25) is 0 Å². The summed E-state index contributed by atoms with van der Waals surface area (Å²) in [4.78, 5) is 12.3. The lowest BCUT2D eigenvalue weighted by molar-refractivity contribution is -0.125. The molecule has 1 heterocycles. The molecule has 0 fully saturated rings. The molecule has 0 atom stereocenters. The summed E-state index contributed by atoms with van der Waals surface area (Å²) < 4.78 is 6.05. The van der Waals surface area contributed by atoms with Crippen LogP contribution in [0.1, 0.15) is 11.8 Å². The maximum absolute atomic E-state index is 11.1. The van der Waals surface area contributed by atoms with E-state index in [1.165, 1.54) is 0 Å². The average molecular weight is 278 g/mol. The highest BCUT2D eigenvalue weighted by molar-refractivity contribution is 9.11. The third-order valence-corrected chi connectivity index (χ3v) is 3.15. The number of hydrogen-bond acceptors (Lipinski definition) is 3. The number of carbonyl (C=O) groups excluding carboxylic acids is 1. The molecule has 1 amide bonds. The molecule has 0 aliphatic rings. The van der Waals surface area contributed by atoms with Gasteiger partial charge in [-0.25, -0.2) is 0 Å². The molecule has 5 heteroatoms. The summed E-state index contributed by atoms with van der Waals surface area (Å²) in [5, 5.41) is 2.77. The summed E-state index contributed by atoms with van der Waals surface area (Å²) in [5.74, 6) is -0.0728. The van der Waals surface area contributed by atoms with E-state index in [0.717, 1.165) is 8.66 Å². The van der Waals surface area contributed by atoms with Gasteiger partial charge in [0.2, 0.25) is 5.91 Å². The fourth-order valence-electron chi connectivity index (χ4n) is 0.878. The fraction of sp³-hybridized carbons (Fsp3) is 0.444. The zero-order valence-corrected chi connectivity index (χ0v) is 10.3. The van der Waals surface area contributed by atoms with Crippen molar-refractivity contribution in [3.05, 3.63) is 20.8 Å². The van der Waals surface area contributed by atoms with E-state index in [2.05, 4.69) is 21.2 Å². The van der Waals surface area contributed by atoms with Crippen molar-refractivity contribution < 1.29 is 9.53 Å². The van der Waals surface area contributed by atoms with Crippen LogP contribution in [0.25, 0.3) is 0 Å². The Labute approximate surface area is 95.6 Å². The Morgan fingerprint density at radius 1 is 1.64 bits per heavy atom. The van der Waals surface area contributed by atoms with Crippen molar-refractivity contribution in [2.24, 2.45) is 0 Å². The van der Waals surface area contributed by atoms with Gasteiger partial charge in [0, 0.05) is 11.5 Å². The summed E-state index contributed by atoms with van der Waals surface area (Å²) >= 11 is 4.98. The van der Waals surface area contributed by atoms with Gasteiger partial charge in [-0.15, -0.1) is 11.3 Å². The van der Waals surface area contributed by atoms with Gasteiger partial charge in [0.15, 0.2) is 0 Å². The molecule has 0 aliphatic carbocycles. The van der Waals surface area contributed by atoms with Gasteiger partial charge in [-0.1, -0.05) is 0 Å². The third-order valence-electron chi connectivity index (χ3n) is 1.53. The Kier molecular flexibility index (Phi) is 5.14. The van der Waals surface area contributed by atoms with E-state index in [9.17, 15) is 4.79 Å². The number of hydrogen-bond donors (Lipinski definition) is 1. The molecule has 1 rings (SSSR count). The number of halogens is 1. The van der Waals surface area contributed by atoms with Crippen molar-refractivity contribution in [2.75, 3.05) is 13.2 Å². The third kappa shape index (κ3) is 4.21. The SMILES string of the molecule is CCOCC(=O)NCc1ccc(Br)s1. The predicted octanol–water partition coefficient (Wildman–Crippen LogP) is 2.16. The van der Waals surface area contributed by atoms with Gasteiger partial charge < -0.3 is 10.1 Å². The van der Waals surface area contributed by atoms with Crippen molar-refractivity contribution >= 4 is 33.2 Å². The van der Waals surface area contributed by atoms with Gasteiger partial charge in [-0.3, -0.25) is 4.79 Å². The van der Waals surface area contributed by atoms with Gasteiger partial charge >= 0.3 is 0 Å². The molecule has 1 N–H and O–H groups in total. The summed E-state index contributed by atoms with van der Waals surface area (Å²) in [6.07, 6.45) is 0. The van der Waals surface area contributed by atoms with E-state index in [1.807, 2.05) is 19.1 Å². The van der Waals surface area contributed by atoms with Crippen molar-refractivity contribution in [2.45, 2.75) is 13.5 Å². The van der Waals surface area contributed by atoms with Crippen molar-refractivity contribution in [3.8, 4) is 0 Å². The molecule has 0 radical (unpaired) electrons. The highest BCUT2D eigenvalue weighted by atomic mass is 79.9. The van der Waals surface area contributed by atoms with E-state index < -0.39 is 0 Å². The molecule has 14 heavy (non-hydrogen) atoms. The quantitative estimate of drug-likeness (QED) is 0.896. The molecule has 3 nitrogen and oxygen atoms in total. The van der Waals surface area contributed by atoms with Gasteiger partial charge in [0.1, 0.15) is 6.61 Å². The zero-order chi connectivity index (χ0) is 10.4. The van der Waals surface area contributed by atoms with E-state index >= 15 is 0 Å². The molecule has 0 aliphatic heterocycles. The largest absolute Gasteiger partial charge is 0.372 e. The molecule has 78 valence electrons. The Morgan fingerprint density at radius 3 is 3.00 bits per heavy atom. The van der Waals surface area contributed by atoms with Crippen LogP contribution in [-0.4, -0.2) is 19.1 Å². The van der Waals surface area contributed by atoms with E-state index in [0.29, 0.717) is 13.2 Å². The fourth-order valence-corrected chi connectivity index (χ4v) is 2.30. The first kappa shape index (κ1) is 11.7. The smallest absolute Gasteiger partial charge is 0.246 e.